The number of pyridine rings is 4. The van der Waals surface area contributed by atoms with Crippen LogP contribution in [0.4, 0.5) is 0 Å². The topological polar surface area (TPSA) is 109 Å². The first-order valence-corrected chi connectivity index (χ1v) is 42.1. The molecule has 5 aromatic heterocycles. The molecular formula is C115H69N7O2. The fourth-order valence-electron chi connectivity index (χ4n) is 20.1. The summed E-state index contributed by atoms with van der Waals surface area (Å²) in [4.78, 5) is 36.0. The normalized spacial score (nSPS) is 13.1. The molecule has 576 valence electrons. The van der Waals surface area contributed by atoms with Crippen LogP contribution in [-0.4, -0.2) is 34.9 Å². The van der Waals surface area contributed by atoms with Crippen molar-refractivity contribution in [2.45, 2.75) is 10.8 Å². The summed E-state index contributed by atoms with van der Waals surface area (Å²) in [6, 6.07) is 148. The van der Waals surface area contributed by atoms with E-state index in [4.69, 9.17) is 44.4 Å². The molecule has 4 aliphatic rings. The van der Waals surface area contributed by atoms with Crippen molar-refractivity contribution in [2.24, 2.45) is 0 Å². The van der Waals surface area contributed by atoms with Gasteiger partial charge in [0.05, 0.1) is 55.7 Å². The van der Waals surface area contributed by atoms with Crippen molar-refractivity contribution >= 4 is 65.2 Å². The van der Waals surface area contributed by atoms with Crippen LogP contribution < -0.4 is 9.47 Å². The molecule has 0 radical (unpaired) electrons. The maximum Gasteiger partial charge on any atom is 0.164 e. The third-order valence-corrected chi connectivity index (χ3v) is 25.7. The minimum Gasteiger partial charge on any atom is -0.457 e. The lowest BCUT2D eigenvalue weighted by Crippen LogP contribution is -2.32. The molecular weight excluding hydrogens is 1510 g/mol. The highest BCUT2D eigenvalue weighted by atomic mass is 16.5. The Bertz CT molecular complexity index is 8010. The fourth-order valence-corrected chi connectivity index (χ4v) is 20.1. The summed E-state index contributed by atoms with van der Waals surface area (Å²) in [5.74, 6) is 5.41. The van der Waals surface area contributed by atoms with E-state index in [9.17, 15) is 0 Å². The Balaban J connectivity index is 0.000000136. The van der Waals surface area contributed by atoms with Gasteiger partial charge in [-0.05, 0) is 127 Å². The lowest BCUT2D eigenvalue weighted by atomic mass is 9.65. The fraction of sp³-hybridized carbons (Fsp3) is 0.0174. The molecule has 7 heterocycles. The van der Waals surface area contributed by atoms with Gasteiger partial charge in [0, 0.05) is 93.5 Å². The number of benzene rings is 17. The number of hydrogen-bond acceptors (Lipinski definition) is 9. The van der Waals surface area contributed by atoms with Gasteiger partial charge >= 0.3 is 0 Å². The molecule has 124 heavy (non-hydrogen) atoms. The molecule has 22 aromatic rings. The van der Waals surface area contributed by atoms with Crippen LogP contribution in [0, 0.1) is 0 Å². The highest BCUT2D eigenvalue weighted by Gasteiger charge is 2.53. The lowest BCUT2D eigenvalue weighted by Gasteiger charge is -2.39. The summed E-state index contributed by atoms with van der Waals surface area (Å²) in [5, 5.41) is 8.70. The first kappa shape index (κ1) is 70.5. The number of hydrogen-bond donors (Lipinski definition) is 0. The first-order valence-electron chi connectivity index (χ1n) is 42.1. The largest absolute Gasteiger partial charge is 0.457 e. The average Bonchev–Trinajstić information content (AvgIpc) is 1.50. The van der Waals surface area contributed by atoms with Crippen LogP contribution in [0.25, 0.3) is 178 Å². The van der Waals surface area contributed by atoms with E-state index >= 15 is 0 Å². The molecule has 0 amide bonds. The minimum absolute atomic E-state index is 0.568. The lowest BCUT2D eigenvalue weighted by molar-refractivity contribution is 0.437. The zero-order valence-electron chi connectivity index (χ0n) is 66.8. The van der Waals surface area contributed by atoms with Crippen LogP contribution in [0.1, 0.15) is 44.5 Å². The highest BCUT2D eigenvalue weighted by Crippen LogP contribution is 2.65. The zero-order chi connectivity index (χ0) is 81.6. The second kappa shape index (κ2) is 28.1. The summed E-state index contributed by atoms with van der Waals surface area (Å²) in [6.45, 7) is 0. The van der Waals surface area contributed by atoms with Crippen LogP contribution in [0.2, 0.25) is 0 Å². The number of nitrogens with zero attached hydrogens (tertiary/aromatic N) is 7. The molecule has 26 rings (SSSR count). The first-order chi connectivity index (χ1) is 61.4. The van der Waals surface area contributed by atoms with Crippen LogP contribution >= 0.6 is 0 Å². The van der Waals surface area contributed by atoms with Gasteiger partial charge in [-0.15, -0.1) is 0 Å². The van der Waals surface area contributed by atoms with Gasteiger partial charge in [-0.3, -0.25) is 0 Å². The standard InChI is InChI=1S/C59H36N4O.C56H33N3O/c1-3-15-40(16-4-1)56-61-57(41-17-5-2-6-18-41)63-58(62-56)42-33-29-38(30-34-42)37-27-31-39(32-28-37)55-47-35-51-54(36-46(47)45-21-9-13-25-52(45)60-55)64-53-26-14-12-24-50(53)59(51)48-22-10-7-19-43(48)44-20-8-11-23-49(44)59;1-2-12-34(13-3-1)48-30-28-37-26-27-38-29-31-49(58-55(38)54(37)57-48)35-22-24-36(25-23-35)53-43-32-47-52(33-42(43)41-16-6-10-20-50(41)59-53)60-51-21-11-9-19-46(51)56(47)44-17-7-4-14-39(44)40-15-5-8-18-45(40)56/h1-36H;1-33H. The van der Waals surface area contributed by atoms with Crippen molar-refractivity contribution in [3.05, 3.63) is 463 Å². The second-order valence-electron chi connectivity index (χ2n) is 32.4. The Hall–Kier alpha value is -16.5. The number of fused-ring (bicyclic) bond motifs is 27. The number of ether oxygens (including phenoxy) is 2. The monoisotopic (exact) mass is 1580 g/mol. The summed E-state index contributed by atoms with van der Waals surface area (Å²) in [6.07, 6.45) is 0. The Labute approximate surface area is 714 Å². The Morgan fingerprint density at radius 2 is 0.476 bits per heavy atom. The molecule has 0 unspecified atom stereocenters. The van der Waals surface area contributed by atoms with Gasteiger partial charge in [0.15, 0.2) is 17.5 Å². The van der Waals surface area contributed by atoms with Crippen molar-refractivity contribution in [1.82, 2.24) is 34.9 Å². The Morgan fingerprint density at radius 3 is 0.879 bits per heavy atom. The van der Waals surface area contributed by atoms with Gasteiger partial charge in [0.25, 0.3) is 0 Å². The van der Waals surface area contributed by atoms with Gasteiger partial charge in [-0.1, -0.05) is 358 Å². The number of rotatable bonds is 8. The molecule has 2 spiro atoms. The third kappa shape index (κ3) is 10.9. The Morgan fingerprint density at radius 1 is 0.177 bits per heavy atom. The van der Waals surface area contributed by atoms with Crippen LogP contribution in [0.15, 0.2) is 419 Å². The molecule has 9 heteroatoms. The minimum atomic E-state index is -0.571. The van der Waals surface area contributed by atoms with Gasteiger partial charge in [-0.2, -0.15) is 0 Å². The molecule has 0 bridgehead atoms. The average molecular weight is 1580 g/mol. The highest BCUT2D eigenvalue weighted by molar-refractivity contribution is 6.14. The van der Waals surface area contributed by atoms with E-state index in [0.717, 1.165) is 183 Å². The zero-order valence-corrected chi connectivity index (χ0v) is 66.8. The molecule has 0 N–H and O–H groups in total. The van der Waals surface area contributed by atoms with E-state index in [1.807, 2.05) is 78.9 Å². The van der Waals surface area contributed by atoms with Crippen molar-refractivity contribution in [2.75, 3.05) is 0 Å². The molecule has 0 atom stereocenters. The SMILES string of the molecule is c1ccc(-c2ccc3ccc4ccc(-c5ccc(-c6nc7ccccc7c7cc8c(cc67)C6(c7ccccc7O8)c7ccccc7-c7ccccc76)cc5)nc4c3n2)cc1.c1ccc(-c2nc(-c3ccccc3)nc(-c3ccc(-c4ccc(-c5nc6ccccc6c6cc7c(cc56)C5(c6ccccc6O7)c6ccccc6-c6ccccc65)cc4)cc3)n2)cc1. The number of para-hydroxylation sites is 4. The molecule has 0 fully saturated rings. The third-order valence-electron chi connectivity index (χ3n) is 25.7. The number of aromatic nitrogens is 7. The van der Waals surface area contributed by atoms with Crippen molar-refractivity contribution in [1.29, 1.82) is 0 Å². The van der Waals surface area contributed by atoms with Gasteiger partial charge in [-0.25, -0.2) is 34.9 Å². The summed E-state index contributed by atoms with van der Waals surface area (Å²) < 4.78 is 13.8. The maximum absolute atomic E-state index is 6.92. The van der Waals surface area contributed by atoms with E-state index in [2.05, 4.69) is 340 Å². The van der Waals surface area contributed by atoms with Crippen LogP contribution in [-0.2, 0) is 10.8 Å². The van der Waals surface area contributed by atoms with Crippen LogP contribution in [0.3, 0.4) is 0 Å². The second-order valence-corrected chi connectivity index (χ2v) is 32.4. The van der Waals surface area contributed by atoms with E-state index in [1.165, 1.54) is 44.5 Å². The maximum atomic E-state index is 6.92. The smallest absolute Gasteiger partial charge is 0.164 e. The van der Waals surface area contributed by atoms with E-state index in [0.29, 0.717) is 17.5 Å². The molecule has 2 aliphatic heterocycles. The van der Waals surface area contributed by atoms with Crippen LogP contribution in [0.5, 0.6) is 23.0 Å². The predicted molar refractivity (Wildman–Crippen MR) is 501 cm³/mol. The van der Waals surface area contributed by atoms with Gasteiger partial charge in [0.1, 0.15) is 23.0 Å². The van der Waals surface area contributed by atoms with Gasteiger partial charge in [0.2, 0.25) is 0 Å². The molecule has 0 saturated carbocycles. The quantitative estimate of drug-likeness (QED) is 0.137. The van der Waals surface area contributed by atoms with Crippen molar-refractivity contribution < 1.29 is 9.47 Å². The predicted octanol–water partition coefficient (Wildman–Crippen LogP) is 28.3. The van der Waals surface area contributed by atoms with Crippen molar-refractivity contribution in [3.8, 4) is 136 Å². The molecule has 17 aromatic carbocycles. The van der Waals surface area contributed by atoms with E-state index in [1.54, 1.807) is 0 Å². The van der Waals surface area contributed by atoms with Gasteiger partial charge < -0.3 is 9.47 Å². The molecule has 2 aliphatic carbocycles. The summed E-state index contributed by atoms with van der Waals surface area (Å²) in [5.41, 5.74) is 30.1. The van der Waals surface area contributed by atoms with E-state index < -0.39 is 10.8 Å². The van der Waals surface area contributed by atoms with Crippen molar-refractivity contribution in [3.63, 3.8) is 0 Å². The van der Waals surface area contributed by atoms with E-state index in [-0.39, 0.29) is 0 Å². The summed E-state index contributed by atoms with van der Waals surface area (Å²) in [7, 11) is 0. The molecule has 0 saturated heterocycles. The summed E-state index contributed by atoms with van der Waals surface area (Å²) >= 11 is 0. The molecule has 9 nitrogen and oxygen atoms in total. The Kier molecular flexibility index (Phi) is 16.0.